The zero-order chi connectivity index (χ0) is 19.1. The van der Waals surface area contributed by atoms with Crippen molar-refractivity contribution in [1.82, 2.24) is 19.5 Å². The van der Waals surface area contributed by atoms with Crippen molar-refractivity contribution in [3.05, 3.63) is 41.9 Å². The molecule has 0 radical (unpaired) electrons. The Kier molecular flexibility index (Phi) is 4.91. The van der Waals surface area contributed by atoms with Crippen molar-refractivity contribution in [3.8, 4) is 0 Å². The molecule has 142 valence electrons. The summed E-state index contributed by atoms with van der Waals surface area (Å²) in [6, 6.07) is 6.61. The Morgan fingerprint density at radius 1 is 1.19 bits per heavy atom. The van der Waals surface area contributed by atoms with Gasteiger partial charge in [-0.3, -0.25) is 4.57 Å². The summed E-state index contributed by atoms with van der Waals surface area (Å²) in [6.45, 7) is 0. The number of nitrogen functional groups attached to an aromatic ring is 1. The van der Waals surface area contributed by atoms with Gasteiger partial charge < -0.3 is 20.7 Å². The molecule has 4 rings (SSSR count). The highest BCUT2D eigenvalue weighted by Crippen LogP contribution is 2.38. The molecule has 0 amide bonds. The van der Waals surface area contributed by atoms with Gasteiger partial charge in [-0.1, -0.05) is 23.4 Å². The number of ether oxygens (including phenoxy) is 1. The van der Waals surface area contributed by atoms with Crippen LogP contribution < -0.4 is 5.73 Å². The van der Waals surface area contributed by atoms with Crippen molar-refractivity contribution >= 4 is 40.3 Å². The van der Waals surface area contributed by atoms with Gasteiger partial charge in [0.05, 0.1) is 6.33 Å². The number of aliphatic hydroxyl groups is 2. The molecule has 0 bridgehead atoms. The number of hydrogen-bond acceptors (Lipinski definition) is 8. The molecule has 4 N–H and O–H groups in total. The number of imidazole rings is 1. The quantitative estimate of drug-likeness (QED) is 0.556. The lowest BCUT2D eigenvalue weighted by atomic mass is 10.1. The van der Waals surface area contributed by atoms with Gasteiger partial charge in [0.25, 0.3) is 0 Å². The number of rotatable bonds is 4. The van der Waals surface area contributed by atoms with Crippen molar-refractivity contribution in [2.75, 3.05) is 5.73 Å². The normalized spacial score (nSPS) is 26.5. The number of nitrogens with zero attached hydrogens (tertiary/aromatic N) is 4. The van der Waals surface area contributed by atoms with E-state index in [0.29, 0.717) is 21.1 Å². The van der Waals surface area contributed by atoms with Crippen molar-refractivity contribution in [2.24, 2.45) is 0 Å². The predicted molar refractivity (Wildman–Crippen MR) is 97.9 cm³/mol. The summed E-state index contributed by atoms with van der Waals surface area (Å²) in [4.78, 5) is 12.6. The molecule has 0 aliphatic carbocycles. The first kappa shape index (κ1) is 18.4. The van der Waals surface area contributed by atoms with E-state index in [0.717, 1.165) is 11.8 Å². The van der Waals surface area contributed by atoms with E-state index in [1.54, 1.807) is 24.3 Å². The minimum Gasteiger partial charge on any atom is -0.387 e. The maximum Gasteiger partial charge on any atom is 0.179 e. The molecule has 1 fully saturated rings. The minimum atomic E-state index is -1.62. The number of nitrogens with two attached hydrogens (primary N) is 1. The van der Waals surface area contributed by atoms with Crippen LogP contribution in [0.2, 0.25) is 5.02 Å². The van der Waals surface area contributed by atoms with Crippen LogP contribution in [0.25, 0.3) is 11.2 Å². The molecule has 1 unspecified atom stereocenters. The lowest BCUT2D eigenvalue weighted by Gasteiger charge is -2.18. The maximum absolute atomic E-state index is 14.8. The third-order valence-corrected chi connectivity index (χ3v) is 5.55. The monoisotopic (exact) mass is 411 g/mol. The Hall–Kier alpha value is -1.98. The molecule has 2 aromatic heterocycles. The molecule has 27 heavy (non-hydrogen) atoms. The third kappa shape index (κ3) is 3.34. The van der Waals surface area contributed by atoms with Gasteiger partial charge in [-0.15, -0.1) is 0 Å². The minimum absolute atomic E-state index is 0.171. The van der Waals surface area contributed by atoms with Crippen LogP contribution in [0.5, 0.6) is 0 Å². The second-order valence-corrected chi connectivity index (χ2v) is 7.57. The number of thioether (sulfide) groups is 1. The summed E-state index contributed by atoms with van der Waals surface area (Å²) in [5.74, 6) is 0.171. The second kappa shape index (κ2) is 7.21. The average Bonchev–Trinajstić information content (AvgIpc) is 3.20. The molecule has 1 aliphatic rings. The average molecular weight is 412 g/mol. The number of aliphatic hydroxyl groups excluding tert-OH is 2. The van der Waals surface area contributed by atoms with Gasteiger partial charge in [-0.05, 0) is 24.3 Å². The molecule has 3 aromatic rings. The van der Waals surface area contributed by atoms with Crippen LogP contribution in [-0.2, 0) is 4.74 Å². The predicted octanol–water partition coefficient (Wildman–Crippen LogP) is 1.77. The van der Waals surface area contributed by atoms with Crippen LogP contribution in [-0.4, -0.2) is 53.5 Å². The van der Waals surface area contributed by atoms with E-state index in [1.165, 1.54) is 17.2 Å². The van der Waals surface area contributed by atoms with Crippen LogP contribution in [0.4, 0.5) is 10.2 Å². The fraction of sp³-hybridized carbons (Fsp3) is 0.312. The number of hydrogen-bond donors (Lipinski definition) is 3. The van der Waals surface area contributed by atoms with Gasteiger partial charge in [-0.2, -0.15) is 0 Å². The lowest BCUT2D eigenvalue weighted by molar-refractivity contribution is -0.0461. The Bertz CT molecular complexity index is 959. The number of alkyl halides is 1. The third-order valence-electron chi connectivity index (χ3n) is 4.26. The molecular weight excluding hydrogens is 397 g/mol. The Balaban J connectivity index is 1.56. The molecular formula is C16H15ClFN5O3S. The van der Waals surface area contributed by atoms with Crippen LogP contribution in [0, 0.1) is 0 Å². The van der Waals surface area contributed by atoms with Gasteiger partial charge >= 0.3 is 0 Å². The smallest absolute Gasteiger partial charge is 0.179 e. The van der Waals surface area contributed by atoms with E-state index in [-0.39, 0.29) is 5.82 Å². The number of fused-ring (bicyclic) bond motifs is 1. The molecule has 8 nitrogen and oxygen atoms in total. The Morgan fingerprint density at radius 3 is 2.67 bits per heavy atom. The summed E-state index contributed by atoms with van der Waals surface area (Å²) < 4.78 is 21.8. The van der Waals surface area contributed by atoms with Crippen LogP contribution in [0.15, 0.2) is 41.8 Å². The largest absolute Gasteiger partial charge is 0.387 e. The van der Waals surface area contributed by atoms with Gasteiger partial charge in [0.15, 0.2) is 23.2 Å². The Labute approximate surface area is 162 Å². The number of benzene rings is 1. The molecule has 1 saturated heterocycles. The fourth-order valence-corrected chi connectivity index (χ4v) is 3.94. The second-order valence-electron chi connectivity index (χ2n) is 5.98. The number of aromatic nitrogens is 4. The van der Waals surface area contributed by atoms with Crippen LogP contribution >= 0.6 is 23.4 Å². The first-order valence-corrected chi connectivity index (χ1v) is 9.22. The van der Waals surface area contributed by atoms with E-state index in [9.17, 15) is 14.6 Å². The first-order valence-electron chi connectivity index (χ1n) is 7.96. The summed E-state index contributed by atoms with van der Waals surface area (Å²) in [5, 5.41) is 21.2. The van der Waals surface area contributed by atoms with Crippen molar-refractivity contribution in [1.29, 1.82) is 0 Å². The van der Waals surface area contributed by atoms with Crippen molar-refractivity contribution in [2.45, 2.75) is 34.9 Å². The van der Waals surface area contributed by atoms with Gasteiger partial charge in [-0.25, -0.2) is 19.3 Å². The molecule has 1 aromatic carbocycles. The SMILES string of the molecule is Nc1ncnc2c1ncn2[C@@H]1O[C@H](C(F)Sc2ccc(Cl)cc2)[C@@H](O)[C@H]1O. The van der Waals surface area contributed by atoms with Crippen LogP contribution in [0.3, 0.4) is 0 Å². The highest BCUT2D eigenvalue weighted by Gasteiger charge is 2.48. The highest BCUT2D eigenvalue weighted by atomic mass is 35.5. The topological polar surface area (TPSA) is 119 Å². The zero-order valence-corrected chi connectivity index (χ0v) is 15.3. The summed E-state index contributed by atoms with van der Waals surface area (Å²) in [7, 11) is 0. The van der Waals surface area contributed by atoms with Gasteiger partial charge in [0.1, 0.15) is 30.2 Å². The molecule has 0 saturated carbocycles. The van der Waals surface area contributed by atoms with Crippen molar-refractivity contribution < 1.29 is 19.3 Å². The zero-order valence-electron chi connectivity index (χ0n) is 13.7. The number of anilines is 1. The van der Waals surface area contributed by atoms with Crippen LogP contribution in [0.1, 0.15) is 6.23 Å². The van der Waals surface area contributed by atoms with Crippen molar-refractivity contribution in [3.63, 3.8) is 0 Å². The number of halogens is 2. The summed E-state index contributed by atoms with van der Waals surface area (Å²) >= 11 is 6.69. The lowest BCUT2D eigenvalue weighted by Crippen LogP contribution is -2.35. The van der Waals surface area contributed by atoms with Gasteiger partial charge in [0.2, 0.25) is 0 Å². The summed E-state index contributed by atoms with van der Waals surface area (Å²) in [6.07, 6.45) is -2.50. The molecule has 1 aliphatic heterocycles. The molecule has 0 spiro atoms. The molecule has 11 heteroatoms. The van der Waals surface area contributed by atoms with E-state index in [4.69, 9.17) is 22.1 Å². The first-order chi connectivity index (χ1) is 13.0. The highest BCUT2D eigenvalue weighted by molar-refractivity contribution is 7.99. The molecule has 3 heterocycles. The summed E-state index contributed by atoms with van der Waals surface area (Å²) in [5.41, 5.74) is 4.79. The van der Waals surface area contributed by atoms with E-state index in [2.05, 4.69) is 15.0 Å². The molecule has 5 atom stereocenters. The fourth-order valence-electron chi connectivity index (χ4n) is 2.90. The van der Waals surface area contributed by atoms with E-state index < -0.39 is 30.0 Å². The standard InChI is InChI=1S/C16H15ClFN5O3S/c17-7-1-3-8(4-2-7)27-13(18)12-10(24)11(25)16(26-12)23-6-22-9-14(19)20-5-21-15(9)23/h1-6,10-13,16,24-25H,(H2,19,20,21)/t10-,11+,12-,13?,16+/m0/s1. The maximum atomic E-state index is 14.8. The van der Waals surface area contributed by atoms with E-state index in [1.807, 2.05) is 0 Å². The van der Waals surface area contributed by atoms with E-state index >= 15 is 0 Å². The van der Waals surface area contributed by atoms with Gasteiger partial charge in [0, 0.05) is 9.92 Å². The Morgan fingerprint density at radius 2 is 1.93 bits per heavy atom.